The van der Waals surface area contributed by atoms with Gasteiger partial charge in [-0.25, -0.2) is 5.43 Å². The molecule has 1 aromatic rings. The number of carbonyl (C=O) groups excluding carboxylic acids is 1. The molecule has 1 aliphatic rings. The van der Waals surface area contributed by atoms with Crippen LogP contribution in [-0.4, -0.2) is 30.9 Å². The second-order valence-electron chi connectivity index (χ2n) is 4.61. The summed E-state index contributed by atoms with van der Waals surface area (Å²) in [6.45, 7) is 0.708. The third kappa shape index (κ3) is 4.71. The van der Waals surface area contributed by atoms with Gasteiger partial charge < -0.3 is 15.4 Å². The summed E-state index contributed by atoms with van der Waals surface area (Å²) in [5.74, 6) is 0.653. The molecule has 1 amide bonds. The van der Waals surface area contributed by atoms with Crippen LogP contribution in [-0.2, 0) is 4.79 Å². The number of carbonyl (C=O) groups is 1. The minimum absolute atomic E-state index is 0.0334. The maximum atomic E-state index is 11.3. The molecule has 1 unspecified atom stereocenters. The third-order valence-corrected chi connectivity index (χ3v) is 3.34. The maximum absolute atomic E-state index is 11.3. The third-order valence-electron chi connectivity index (χ3n) is 3.09. The topological polar surface area (TPSA) is 74.8 Å². The smallest absolute Gasteiger partial charge is 0.248 e. The number of hydrogen-bond donors (Lipinski definition) is 3. The monoisotopic (exact) mass is 306 g/mol. The highest BCUT2D eigenvalue weighted by atomic mass is 32.1. The molecule has 7 heteroatoms. The Morgan fingerprint density at radius 2 is 2.19 bits per heavy atom. The minimum Gasteiger partial charge on any atom is -0.497 e. The molecule has 0 radical (unpaired) electrons. The molecule has 1 aromatic carbocycles. The first kappa shape index (κ1) is 15.2. The van der Waals surface area contributed by atoms with Crippen LogP contribution < -0.4 is 20.8 Å². The van der Waals surface area contributed by atoms with Gasteiger partial charge in [-0.2, -0.15) is 5.10 Å². The number of hydrazone groups is 1. The second kappa shape index (κ2) is 7.58. The number of amides is 1. The molecule has 0 saturated carbocycles. The van der Waals surface area contributed by atoms with Gasteiger partial charge in [0.15, 0.2) is 5.11 Å². The number of thiocarbonyl (C=S) groups is 1. The molecule has 0 saturated heterocycles. The summed E-state index contributed by atoms with van der Waals surface area (Å²) >= 11 is 5.21. The number of anilines is 1. The van der Waals surface area contributed by atoms with Crippen LogP contribution >= 0.6 is 12.2 Å². The van der Waals surface area contributed by atoms with E-state index in [2.05, 4.69) is 21.2 Å². The fourth-order valence-corrected chi connectivity index (χ4v) is 2.14. The van der Waals surface area contributed by atoms with Crippen LogP contribution in [0.4, 0.5) is 5.69 Å². The highest BCUT2D eigenvalue weighted by molar-refractivity contribution is 7.80. The fraction of sp³-hybridized carbons (Fsp3) is 0.357. The molecule has 1 aliphatic heterocycles. The molecule has 0 fully saturated rings. The van der Waals surface area contributed by atoms with Crippen molar-refractivity contribution >= 4 is 35.1 Å². The van der Waals surface area contributed by atoms with Crippen molar-refractivity contribution < 1.29 is 9.53 Å². The molecule has 112 valence electrons. The summed E-state index contributed by atoms with van der Waals surface area (Å²) in [6, 6.07) is 7.52. The van der Waals surface area contributed by atoms with Gasteiger partial charge in [0, 0.05) is 18.4 Å². The number of ether oxygens (including phenoxy) is 1. The van der Waals surface area contributed by atoms with Crippen LogP contribution in [0.25, 0.3) is 0 Å². The number of nitrogens with one attached hydrogen (secondary N) is 3. The quantitative estimate of drug-likeness (QED) is 0.548. The Hall–Kier alpha value is -2.15. The SMILES string of the molecule is COc1ccc(NC(=S)NCCCC2C=NNC2=O)cc1. The number of rotatable bonds is 6. The van der Waals surface area contributed by atoms with Gasteiger partial charge in [-0.1, -0.05) is 0 Å². The Morgan fingerprint density at radius 3 is 2.81 bits per heavy atom. The van der Waals surface area contributed by atoms with Crippen LogP contribution in [0.15, 0.2) is 29.4 Å². The van der Waals surface area contributed by atoms with E-state index in [1.807, 2.05) is 24.3 Å². The van der Waals surface area contributed by atoms with E-state index < -0.39 is 0 Å². The van der Waals surface area contributed by atoms with E-state index >= 15 is 0 Å². The Morgan fingerprint density at radius 1 is 1.43 bits per heavy atom. The van der Waals surface area contributed by atoms with E-state index in [0.717, 1.165) is 24.3 Å². The average Bonchev–Trinajstić information content (AvgIpc) is 2.90. The van der Waals surface area contributed by atoms with Crippen LogP contribution in [0.3, 0.4) is 0 Å². The predicted molar refractivity (Wildman–Crippen MR) is 86.6 cm³/mol. The lowest BCUT2D eigenvalue weighted by Crippen LogP contribution is -2.30. The second-order valence-corrected chi connectivity index (χ2v) is 5.02. The van der Waals surface area contributed by atoms with Gasteiger partial charge in [0.2, 0.25) is 5.91 Å². The molecular formula is C14H18N4O2S. The van der Waals surface area contributed by atoms with Crippen molar-refractivity contribution in [3.05, 3.63) is 24.3 Å². The summed E-state index contributed by atoms with van der Waals surface area (Å²) < 4.78 is 5.09. The van der Waals surface area contributed by atoms with Crippen molar-refractivity contribution in [3.8, 4) is 5.75 Å². The zero-order valence-electron chi connectivity index (χ0n) is 11.8. The predicted octanol–water partition coefficient (Wildman–Crippen LogP) is 1.49. The highest BCUT2D eigenvalue weighted by Gasteiger charge is 2.19. The Labute approximate surface area is 128 Å². The lowest BCUT2D eigenvalue weighted by atomic mass is 10.1. The van der Waals surface area contributed by atoms with E-state index in [0.29, 0.717) is 11.7 Å². The zero-order valence-corrected chi connectivity index (χ0v) is 12.6. The van der Waals surface area contributed by atoms with Crippen molar-refractivity contribution in [2.24, 2.45) is 11.0 Å². The van der Waals surface area contributed by atoms with Crippen molar-refractivity contribution in [3.63, 3.8) is 0 Å². The Balaban J connectivity index is 1.65. The molecule has 6 nitrogen and oxygen atoms in total. The summed E-state index contributed by atoms with van der Waals surface area (Å²) in [7, 11) is 1.63. The standard InChI is InChI=1S/C14H18N4O2S/c1-20-12-6-4-11(5-7-12)17-14(21)15-8-2-3-10-9-16-18-13(10)19/h4-7,9-10H,2-3,8H2,1H3,(H,18,19)(H2,15,17,21). The highest BCUT2D eigenvalue weighted by Crippen LogP contribution is 2.14. The van der Waals surface area contributed by atoms with Crippen molar-refractivity contribution in [1.29, 1.82) is 0 Å². The van der Waals surface area contributed by atoms with Gasteiger partial charge in [0.1, 0.15) is 5.75 Å². The Kier molecular flexibility index (Phi) is 5.51. The van der Waals surface area contributed by atoms with Gasteiger partial charge in [0.25, 0.3) is 0 Å². The first-order valence-electron chi connectivity index (χ1n) is 6.71. The molecule has 21 heavy (non-hydrogen) atoms. The Bertz CT molecular complexity index is 530. The number of methoxy groups -OCH3 is 1. The first-order valence-corrected chi connectivity index (χ1v) is 7.12. The van der Waals surface area contributed by atoms with Crippen LogP contribution in [0.2, 0.25) is 0 Å². The van der Waals surface area contributed by atoms with Crippen molar-refractivity contribution in [2.75, 3.05) is 19.0 Å². The number of hydrogen-bond acceptors (Lipinski definition) is 4. The van der Waals surface area contributed by atoms with Crippen LogP contribution in [0, 0.1) is 5.92 Å². The molecule has 0 aliphatic carbocycles. The first-order chi connectivity index (χ1) is 10.2. The van der Waals surface area contributed by atoms with Crippen molar-refractivity contribution in [2.45, 2.75) is 12.8 Å². The van der Waals surface area contributed by atoms with Crippen LogP contribution in [0.1, 0.15) is 12.8 Å². The van der Waals surface area contributed by atoms with E-state index in [-0.39, 0.29) is 11.8 Å². The molecule has 0 bridgehead atoms. The van der Waals surface area contributed by atoms with Gasteiger partial charge in [-0.15, -0.1) is 0 Å². The summed E-state index contributed by atoms with van der Waals surface area (Å²) in [6.07, 6.45) is 3.25. The average molecular weight is 306 g/mol. The van der Waals surface area contributed by atoms with Crippen molar-refractivity contribution in [1.82, 2.24) is 10.7 Å². The molecule has 0 spiro atoms. The molecule has 0 aromatic heterocycles. The number of nitrogens with zero attached hydrogens (tertiary/aromatic N) is 1. The normalized spacial score (nSPS) is 16.4. The number of benzene rings is 1. The molecule has 1 atom stereocenters. The molecule has 2 rings (SSSR count). The van der Waals surface area contributed by atoms with Gasteiger partial charge in [-0.05, 0) is 49.3 Å². The van der Waals surface area contributed by atoms with Gasteiger partial charge >= 0.3 is 0 Å². The van der Waals surface area contributed by atoms with Gasteiger partial charge in [-0.3, -0.25) is 4.79 Å². The fourth-order valence-electron chi connectivity index (χ4n) is 1.92. The minimum atomic E-state index is -0.116. The van der Waals surface area contributed by atoms with E-state index in [1.165, 1.54) is 0 Å². The van der Waals surface area contributed by atoms with E-state index in [1.54, 1.807) is 13.3 Å². The lowest BCUT2D eigenvalue weighted by molar-refractivity contribution is -0.122. The summed E-state index contributed by atoms with van der Waals surface area (Å²) in [4.78, 5) is 11.3. The maximum Gasteiger partial charge on any atom is 0.248 e. The molecule has 1 heterocycles. The molecular weight excluding hydrogens is 288 g/mol. The van der Waals surface area contributed by atoms with E-state index in [4.69, 9.17) is 17.0 Å². The van der Waals surface area contributed by atoms with E-state index in [9.17, 15) is 4.79 Å². The van der Waals surface area contributed by atoms with Crippen LogP contribution in [0.5, 0.6) is 5.75 Å². The largest absolute Gasteiger partial charge is 0.497 e. The summed E-state index contributed by atoms with van der Waals surface area (Å²) in [5.41, 5.74) is 3.32. The zero-order chi connectivity index (χ0) is 15.1. The summed E-state index contributed by atoms with van der Waals surface area (Å²) in [5, 5.41) is 10.5. The lowest BCUT2D eigenvalue weighted by Gasteiger charge is -2.11. The van der Waals surface area contributed by atoms with Gasteiger partial charge in [0.05, 0.1) is 13.0 Å². The molecule has 3 N–H and O–H groups in total.